The summed E-state index contributed by atoms with van der Waals surface area (Å²) >= 11 is 0. The van der Waals surface area contributed by atoms with Gasteiger partial charge in [-0.25, -0.2) is 0 Å². The maximum absolute atomic E-state index is 12.2. The van der Waals surface area contributed by atoms with Crippen molar-refractivity contribution < 1.29 is 15.0 Å². The zero-order chi connectivity index (χ0) is 28.7. The molecular weight excluding hydrogens is 482 g/mol. The number of allylic oxidation sites excluding steroid dienone is 1. The van der Waals surface area contributed by atoms with Crippen molar-refractivity contribution in [1.82, 2.24) is 5.32 Å². The van der Waals surface area contributed by atoms with Crippen molar-refractivity contribution in [1.29, 1.82) is 0 Å². The van der Waals surface area contributed by atoms with E-state index in [1.54, 1.807) is 6.08 Å². The van der Waals surface area contributed by atoms with Crippen LogP contribution in [0.1, 0.15) is 187 Å². The molecule has 3 N–H and O–H groups in total. The number of rotatable bonds is 31. The van der Waals surface area contributed by atoms with Crippen molar-refractivity contribution in [2.24, 2.45) is 0 Å². The third-order valence-electron chi connectivity index (χ3n) is 8.02. The molecule has 0 saturated heterocycles. The van der Waals surface area contributed by atoms with Crippen LogP contribution in [-0.4, -0.2) is 34.9 Å². The van der Waals surface area contributed by atoms with E-state index >= 15 is 0 Å². The van der Waals surface area contributed by atoms with Gasteiger partial charge in [-0.1, -0.05) is 174 Å². The highest BCUT2D eigenvalue weighted by Gasteiger charge is 2.17. The molecule has 0 aliphatic heterocycles. The van der Waals surface area contributed by atoms with Crippen LogP contribution in [-0.2, 0) is 4.79 Å². The summed E-state index contributed by atoms with van der Waals surface area (Å²) in [5.74, 6) is -0.0674. The van der Waals surface area contributed by atoms with Crippen LogP contribution in [0.15, 0.2) is 12.2 Å². The van der Waals surface area contributed by atoms with Crippen LogP contribution in [0.3, 0.4) is 0 Å². The zero-order valence-electron chi connectivity index (χ0n) is 26.4. The van der Waals surface area contributed by atoms with Crippen LogP contribution in [0.25, 0.3) is 0 Å². The molecule has 0 aliphatic rings. The monoisotopic (exact) mass is 552 g/mol. The zero-order valence-corrected chi connectivity index (χ0v) is 26.4. The molecule has 0 saturated carbocycles. The summed E-state index contributed by atoms with van der Waals surface area (Å²) in [6.07, 6.45) is 37.5. The first kappa shape index (κ1) is 38.1. The first-order chi connectivity index (χ1) is 19.2. The smallest absolute Gasteiger partial charge is 0.220 e. The predicted molar refractivity (Wildman–Crippen MR) is 170 cm³/mol. The molecule has 2 atom stereocenters. The second-order valence-electron chi connectivity index (χ2n) is 11.9. The van der Waals surface area contributed by atoms with Crippen LogP contribution in [0.5, 0.6) is 0 Å². The third-order valence-corrected chi connectivity index (χ3v) is 8.02. The van der Waals surface area contributed by atoms with Crippen molar-refractivity contribution in [3.63, 3.8) is 0 Å². The molecule has 0 aromatic heterocycles. The summed E-state index contributed by atoms with van der Waals surface area (Å²) in [6.45, 7) is 4.24. The fourth-order valence-electron chi connectivity index (χ4n) is 5.29. The topological polar surface area (TPSA) is 69.6 Å². The Kier molecular flexibility index (Phi) is 30.9. The Balaban J connectivity index is 3.44. The molecule has 0 heterocycles. The number of carbonyl (C=O) groups is 1. The highest BCUT2D eigenvalue weighted by Crippen LogP contribution is 2.15. The second kappa shape index (κ2) is 31.7. The normalized spacial score (nSPS) is 13.2. The highest BCUT2D eigenvalue weighted by molar-refractivity contribution is 5.76. The van der Waals surface area contributed by atoms with Crippen LogP contribution in [0.2, 0.25) is 0 Å². The minimum absolute atomic E-state index is 0.0674. The summed E-state index contributed by atoms with van der Waals surface area (Å²) in [5, 5.41) is 22.6. The molecule has 4 nitrogen and oxygen atoms in total. The Morgan fingerprint density at radius 3 is 1.33 bits per heavy atom. The van der Waals surface area contributed by atoms with E-state index < -0.39 is 12.1 Å². The van der Waals surface area contributed by atoms with Crippen molar-refractivity contribution in [2.45, 2.75) is 199 Å². The molecule has 0 aromatic rings. The first-order valence-electron chi connectivity index (χ1n) is 17.4. The van der Waals surface area contributed by atoms with Gasteiger partial charge in [0.25, 0.3) is 0 Å². The number of nitrogens with one attached hydrogen (secondary N) is 1. The molecule has 0 bridgehead atoms. The van der Waals surface area contributed by atoms with Gasteiger partial charge in [-0.05, 0) is 19.3 Å². The Morgan fingerprint density at radius 2 is 0.949 bits per heavy atom. The molecule has 0 aromatic carbocycles. The minimum atomic E-state index is -0.829. The van der Waals surface area contributed by atoms with E-state index in [0.717, 1.165) is 25.7 Å². The van der Waals surface area contributed by atoms with Crippen molar-refractivity contribution in [3.8, 4) is 0 Å². The van der Waals surface area contributed by atoms with Gasteiger partial charge in [-0.3, -0.25) is 4.79 Å². The summed E-state index contributed by atoms with van der Waals surface area (Å²) in [4.78, 5) is 12.2. The highest BCUT2D eigenvalue weighted by atomic mass is 16.3. The lowest BCUT2D eigenvalue weighted by Gasteiger charge is -2.20. The molecule has 0 aliphatic carbocycles. The van der Waals surface area contributed by atoms with Crippen LogP contribution in [0.4, 0.5) is 0 Å². The molecule has 4 heteroatoms. The number of hydrogen-bond donors (Lipinski definition) is 3. The van der Waals surface area contributed by atoms with Gasteiger partial charge < -0.3 is 15.5 Å². The molecule has 1 amide bonds. The fourth-order valence-corrected chi connectivity index (χ4v) is 5.29. The maximum Gasteiger partial charge on any atom is 0.220 e. The summed E-state index contributed by atoms with van der Waals surface area (Å²) in [7, 11) is 0. The van der Waals surface area contributed by atoms with E-state index in [1.807, 2.05) is 6.08 Å². The average Bonchev–Trinajstić information content (AvgIpc) is 2.94. The van der Waals surface area contributed by atoms with Gasteiger partial charge in [0.15, 0.2) is 0 Å². The Morgan fingerprint density at radius 1 is 0.590 bits per heavy atom. The standard InChI is InChI=1S/C35H69NO3/c1-3-5-7-9-11-12-13-14-15-16-17-18-19-20-21-22-23-24-25-27-29-31-35(39)36-33(32-37)34(38)30-28-26-10-8-6-4-2/h28,30,33-34,37-38H,3-27,29,31-32H2,1-2H3,(H,36,39)/b30-28+. The Labute approximate surface area is 244 Å². The molecule has 0 fully saturated rings. The lowest BCUT2D eigenvalue weighted by molar-refractivity contribution is -0.123. The van der Waals surface area contributed by atoms with Gasteiger partial charge in [0.1, 0.15) is 0 Å². The summed E-state index contributed by atoms with van der Waals surface area (Å²) < 4.78 is 0. The number of carbonyl (C=O) groups excluding carboxylic acids is 1. The van der Waals surface area contributed by atoms with Gasteiger partial charge >= 0.3 is 0 Å². The van der Waals surface area contributed by atoms with Crippen molar-refractivity contribution >= 4 is 5.91 Å². The minimum Gasteiger partial charge on any atom is -0.394 e. The maximum atomic E-state index is 12.2. The average molecular weight is 552 g/mol. The molecule has 0 spiro atoms. The van der Waals surface area contributed by atoms with Crippen LogP contribution < -0.4 is 5.32 Å². The molecule has 2 unspecified atom stereocenters. The van der Waals surface area contributed by atoms with Gasteiger partial charge in [0.2, 0.25) is 5.91 Å². The molecule has 232 valence electrons. The Hall–Kier alpha value is -0.870. The second-order valence-corrected chi connectivity index (χ2v) is 11.9. The van der Waals surface area contributed by atoms with E-state index in [0.29, 0.717) is 6.42 Å². The quantitative estimate of drug-likeness (QED) is 0.0593. The molecule has 39 heavy (non-hydrogen) atoms. The van der Waals surface area contributed by atoms with E-state index in [1.165, 1.54) is 141 Å². The van der Waals surface area contributed by atoms with E-state index in [-0.39, 0.29) is 12.5 Å². The largest absolute Gasteiger partial charge is 0.394 e. The Bertz CT molecular complexity index is 522. The van der Waals surface area contributed by atoms with Crippen molar-refractivity contribution in [2.75, 3.05) is 6.61 Å². The molecular formula is C35H69NO3. The lowest BCUT2D eigenvalue weighted by atomic mass is 10.0. The van der Waals surface area contributed by atoms with Crippen LogP contribution >= 0.6 is 0 Å². The lowest BCUT2D eigenvalue weighted by Crippen LogP contribution is -2.45. The van der Waals surface area contributed by atoms with E-state index in [9.17, 15) is 15.0 Å². The van der Waals surface area contributed by atoms with Crippen molar-refractivity contribution in [3.05, 3.63) is 12.2 Å². The number of amides is 1. The molecule has 0 radical (unpaired) electrons. The predicted octanol–water partition coefficient (Wildman–Crippen LogP) is 9.95. The van der Waals surface area contributed by atoms with Gasteiger partial charge in [-0.15, -0.1) is 0 Å². The van der Waals surface area contributed by atoms with E-state index in [4.69, 9.17) is 0 Å². The molecule has 0 rings (SSSR count). The summed E-state index contributed by atoms with van der Waals surface area (Å²) in [6, 6.07) is -0.612. The number of unbranched alkanes of at least 4 members (excludes halogenated alkanes) is 24. The van der Waals surface area contributed by atoms with Crippen LogP contribution in [0, 0.1) is 0 Å². The van der Waals surface area contributed by atoms with E-state index in [2.05, 4.69) is 19.2 Å². The number of aliphatic hydroxyl groups excluding tert-OH is 2. The van der Waals surface area contributed by atoms with Gasteiger partial charge in [-0.2, -0.15) is 0 Å². The number of aliphatic hydroxyl groups is 2. The van der Waals surface area contributed by atoms with Gasteiger partial charge in [0, 0.05) is 6.42 Å². The third kappa shape index (κ3) is 28.5. The fraction of sp³-hybridized carbons (Fsp3) is 0.914. The van der Waals surface area contributed by atoms with Gasteiger partial charge in [0.05, 0.1) is 18.8 Å². The summed E-state index contributed by atoms with van der Waals surface area (Å²) in [5.41, 5.74) is 0. The first-order valence-corrected chi connectivity index (χ1v) is 17.4. The number of hydrogen-bond acceptors (Lipinski definition) is 3. The SMILES string of the molecule is CCCCCC/C=C/C(O)C(CO)NC(=O)CCCCCCCCCCCCCCCCCCCCCCC.